The fraction of sp³-hybridized carbons (Fsp3) is 0.455. The van der Waals surface area contributed by atoms with E-state index < -0.39 is 10.0 Å². The summed E-state index contributed by atoms with van der Waals surface area (Å²) < 4.78 is 30.9. The van der Waals surface area contributed by atoms with E-state index in [0.29, 0.717) is 18.7 Å². The minimum absolute atomic E-state index is 0.0363. The fourth-order valence-electron chi connectivity index (χ4n) is 1.45. The average Bonchev–Trinajstić information content (AvgIpc) is 2.26. The Labute approximate surface area is 102 Å². The standard InChI is InChI=1S/C11H18N2O3S/c1-9-8-10(4-5-11(9)16-2)13-17(14,15)7-3-6-12/h4-5,8,13H,3,6-7,12H2,1-2H3. The number of methoxy groups -OCH3 is 1. The van der Waals surface area contributed by atoms with Crippen LogP contribution in [0.25, 0.3) is 0 Å². The van der Waals surface area contributed by atoms with Crippen molar-refractivity contribution in [3.05, 3.63) is 23.8 Å². The number of aryl methyl sites for hydroxylation is 1. The van der Waals surface area contributed by atoms with Crippen LogP contribution in [0.1, 0.15) is 12.0 Å². The van der Waals surface area contributed by atoms with E-state index in [-0.39, 0.29) is 5.75 Å². The van der Waals surface area contributed by atoms with Gasteiger partial charge in [-0.25, -0.2) is 8.42 Å². The number of anilines is 1. The molecule has 0 atom stereocenters. The van der Waals surface area contributed by atoms with Crippen molar-refractivity contribution in [3.8, 4) is 5.75 Å². The van der Waals surface area contributed by atoms with Gasteiger partial charge in [0, 0.05) is 5.69 Å². The van der Waals surface area contributed by atoms with E-state index in [1.807, 2.05) is 6.92 Å². The number of sulfonamides is 1. The van der Waals surface area contributed by atoms with Gasteiger partial charge in [-0.15, -0.1) is 0 Å². The highest BCUT2D eigenvalue weighted by atomic mass is 32.2. The van der Waals surface area contributed by atoms with E-state index in [1.54, 1.807) is 25.3 Å². The number of ether oxygens (including phenoxy) is 1. The summed E-state index contributed by atoms with van der Waals surface area (Å²) in [5.41, 5.74) is 6.71. The predicted molar refractivity (Wildman–Crippen MR) is 68.8 cm³/mol. The Morgan fingerprint density at radius 1 is 1.41 bits per heavy atom. The van der Waals surface area contributed by atoms with Gasteiger partial charge in [0.2, 0.25) is 10.0 Å². The minimum atomic E-state index is -3.30. The van der Waals surface area contributed by atoms with Crippen molar-refractivity contribution < 1.29 is 13.2 Å². The lowest BCUT2D eigenvalue weighted by Crippen LogP contribution is -2.19. The molecule has 1 aromatic carbocycles. The van der Waals surface area contributed by atoms with Gasteiger partial charge in [0.1, 0.15) is 5.75 Å². The number of nitrogens with one attached hydrogen (secondary N) is 1. The molecule has 0 aliphatic carbocycles. The van der Waals surface area contributed by atoms with Crippen molar-refractivity contribution in [2.24, 2.45) is 5.73 Å². The second-order valence-corrected chi connectivity index (χ2v) is 5.59. The van der Waals surface area contributed by atoms with Crippen LogP contribution in [0.5, 0.6) is 5.75 Å². The molecule has 0 aliphatic rings. The Kier molecular flexibility index (Phi) is 4.77. The summed E-state index contributed by atoms with van der Waals surface area (Å²) in [6.07, 6.45) is 0.449. The molecule has 6 heteroatoms. The highest BCUT2D eigenvalue weighted by Crippen LogP contribution is 2.22. The normalized spacial score (nSPS) is 11.2. The molecule has 1 rings (SSSR count). The zero-order chi connectivity index (χ0) is 12.9. The molecule has 0 amide bonds. The van der Waals surface area contributed by atoms with Crippen molar-refractivity contribution in [1.82, 2.24) is 0 Å². The van der Waals surface area contributed by atoms with Crippen molar-refractivity contribution in [1.29, 1.82) is 0 Å². The molecule has 5 nitrogen and oxygen atoms in total. The topological polar surface area (TPSA) is 81.4 Å². The van der Waals surface area contributed by atoms with Gasteiger partial charge < -0.3 is 10.5 Å². The monoisotopic (exact) mass is 258 g/mol. The average molecular weight is 258 g/mol. The predicted octanol–water partition coefficient (Wildman–Crippen LogP) is 1.09. The molecule has 3 N–H and O–H groups in total. The zero-order valence-electron chi connectivity index (χ0n) is 10.1. The second-order valence-electron chi connectivity index (χ2n) is 3.75. The van der Waals surface area contributed by atoms with Crippen LogP contribution in [-0.2, 0) is 10.0 Å². The number of benzene rings is 1. The first kappa shape index (κ1) is 13.8. The first-order valence-corrected chi connectivity index (χ1v) is 6.99. The third kappa shape index (κ3) is 4.24. The molecule has 1 aromatic rings. The number of nitrogens with two attached hydrogens (primary N) is 1. The van der Waals surface area contributed by atoms with Gasteiger partial charge in [0.05, 0.1) is 12.9 Å². The lowest BCUT2D eigenvalue weighted by molar-refractivity contribution is 0.412. The molecule has 0 aromatic heterocycles. The van der Waals surface area contributed by atoms with Crippen molar-refractivity contribution in [2.75, 3.05) is 24.1 Å². The Morgan fingerprint density at radius 3 is 2.65 bits per heavy atom. The van der Waals surface area contributed by atoms with Gasteiger partial charge in [0.25, 0.3) is 0 Å². The van der Waals surface area contributed by atoms with Gasteiger partial charge in [-0.3, -0.25) is 4.72 Å². The summed E-state index contributed by atoms with van der Waals surface area (Å²) in [6, 6.07) is 5.14. The maximum atomic E-state index is 11.6. The Hall–Kier alpha value is -1.27. The smallest absolute Gasteiger partial charge is 0.232 e. The third-order valence-corrected chi connectivity index (χ3v) is 3.66. The maximum Gasteiger partial charge on any atom is 0.232 e. The van der Waals surface area contributed by atoms with E-state index in [1.165, 1.54) is 0 Å². The van der Waals surface area contributed by atoms with Crippen LogP contribution in [0.3, 0.4) is 0 Å². The molecule has 0 radical (unpaired) electrons. The Bertz CT molecular complexity index is 472. The van der Waals surface area contributed by atoms with Gasteiger partial charge in [-0.05, 0) is 43.7 Å². The second kappa shape index (κ2) is 5.88. The van der Waals surface area contributed by atoms with Gasteiger partial charge >= 0.3 is 0 Å². The number of rotatable bonds is 6. The maximum absolute atomic E-state index is 11.6. The highest BCUT2D eigenvalue weighted by Gasteiger charge is 2.10. The van der Waals surface area contributed by atoms with Crippen LogP contribution in [0.15, 0.2) is 18.2 Å². The molecule has 17 heavy (non-hydrogen) atoms. The summed E-state index contributed by atoms with van der Waals surface area (Å²) in [5, 5.41) is 0. The summed E-state index contributed by atoms with van der Waals surface area (Å²) in [6.45, 7) is 2.22. The van der Waals surface area contributed by atoms with E-state index in [4.69, 9.17) is 10.5 Å². The molecule has 0 heterocycles. The summed E-state index contributed by atoms with van der Waals surface area (Å²) in [5.74, 6) is 0.768. The number of hydrogen-bond donors (Lipinski definition) is 2. The molecule has 0 saturated heterocycles. The summed E-state index contributed by atoms with van der Waals surface area (Å²) in [7, 11) is -1.73. The van der Waals surface area contributed by atoms with Crippen molar-refractivity contribution in [3.63, 3.8) is 0 Å². The van der Waals surface area contributed by atoms with Gasteiger partial charge in [-0.2, -0.15) is 0 Å². The van der Waals surface area contributed by atoms with Crippen molar-refractivity contribution >= 4 is 15.7 Å². The number of hydrogen-bond acceptors (Lipinski definition) is 4. The molecular weight excluding hydrogens is 240 g/mol. The first-order chi connectivity index (χ1) is 7.98. The lowest BCUT2D eigenvalue weighted by Gasteiger charge is -2.10. The largest absolute Gasteiger partial charge is 0.496 e. The Morgan fingerprint density at radius 2 is 2.12 bits per heavy atom. The van der Waals surface area contributed by atoms with E-state index in [2.05, 4.69) is 4.72 Å². The third-order valence-electron chi connectivity index (χ3n) is 2.29. The van der Waals surface area contributed by atoms with Crippen LogP contribution in [-0.4, -0.2) is 27.8 Å². The van der Waals surface area contributed by atoms with E-state index in [9.17, 15) is 8.42 Å². The molecule has 0 unspecified atom stereocenters. The molecular formula is C11H18N2O3S. The van der Waals surface area contributed by atoms with E-state index in [0.717, 1.165) is 11.3 Å². The van der Waals surface area contributed by atoms with Gasteiger partial charge in [0.15, 0.2) is 0 Å². The zero-order valence-corrected chi connectivity index (χ0v) is 10.9. The molecule has 0 fully saturated rings. The van der Waals surface area contributed by atoms with Crippen LogP contribution in [0, 0.1) is 6.92 Å². The molecule has 0 saturated carbocycles. The highest BCUT2D eigenvalue weighted by molar-refractivity contribution is 7.92. The fourth-order valence-corrected chi connectivity index (χ4v) is 2.58. The van der Waals surface area contributed by atoms with Crippen LogP contribution in [0.2, 0.25) is 0 Å². The SMILES string of the molecule is COc1ccc(NS(=O)(=O)CCCN)cc1C. The quantitative estimate of drug-likeness (QED) is 0.800. The molecule has 0 aliphatic heterocycles. The van der Waals surface area contributed by atoms with Crippen LogP contribution < -0.4 is 15.2 Å². The molecule has 0 bridgehead atoms. The molecule has 96 valence electrons. The van der Waals surface area contributed by atoms with Gasteiger partial charge in [-0.1, -0.05) is 0 Å². The molecule has 0 spiro atoms. The minimum Gasteiger partial charge on any atom is -0.496 e. The van der Waals surface area contributed by atoms with Crippen molar-refractivity contribution in [2.45, 2.75) is 13.3 Å². The summed E-state index contributed by atoms with van der Waals surface area (Å²) in [4.78, 5) is 0. The lowest BCUT2D eigenvalue weighted by atomic mass is 10.2. The first-order valence-electron chi connectivity index (χ1n) is 5.33. The Balaban J connectivity index is 2.78. The summed E-state index contributed by atoms with van der Waals surface area (Å²) >= 11 is 0. The van der Waals surface area contributed by atoms with Crippen LogP contribution in [0.4, 0.5) is 5.69 Å². The van der Waals surface area contributed by atoms with Crippen LogP contribution >= 0.6 is 0 Å². The van der Waals surface area contributed by atoms with E-state index >= 15 is 0 Å².